The molecule has 0 bridgehead atoms. The van der Waals surface area contributed by atoms with Gasteiger partial charge in [0.25, 0.3) is 11.5 Å². The molecule has 2 aliphatic rings. The maximum atomic E-state index is 12.9. The van der Waals surface area contributed by atoms with Gasteiger partial charge in [-0.2, -0.15) is 0 Å². The number of carbonyl (C=O) groups excluding carboxylic acids is 1. The van der Waals surface area contributed by atoms with Gasteiger partial charge in [0.15, 0.2) is 0 Å². The third kappa shape index (κ3) is 5.23. The van der Waals surface area contributed by atoms with Crippen molar-refractivity contribution in [3.05, 3.63) is 39.3 Å². The first-order chi connectivity index (χ1) is 16.2. The molecule has 0 aromatic carbocycles. The fraction of sp³-hybridized carbons (Fsp3) is 0.667. The first kappa shape index (κ1) is 24.9. The van der Waals surface area contributed by atoms with Crippen LogP contribution in [0, 0.1) is 12.8 Å². The predicted octanol–water partition coefficient (Wildman–Crippen LogP) is 2.50. The zero-order valence-corrected chi connectivity index (χ0v) is 21.6. The standard InChI is InChI=1S/C24H36N6O3S/c1-14-10-19(34-5)18(22(31)26-14)11-25-23(32)21-29-28-20(30(21)4)15(2)16-6-8-17(9-7-16)27-24(3)12-33-13-24/h10,15-17,27H,6-9,11-13H2,1-5H3,(H,25,32)(H,26,31)/t15-,16?,17?/m1/s1. The molecule has 9 nitrogen and oxygen atoms in total. The number of H-pyrrole nitrogens is 1. The Bertz CT molecular complexity index is 1080. The maximum absolute atomic E-state index is 12.9. The summed E-state index contributed by atoms with van der Waals surface area (Å²) in [5, 5.41) is 15.2. The smallest absolute Gasteiger partial charge is 0.289 e. The number of rotatable bonds is 8. The molecule has 4 rings (SSSR count). The van der Waals surface area contributed by atoms with Gasteiger partial charge in [0.05, 0.1) is 18.8 Å². The Kier molecular flexibility index (Phi) is 7.49. The molecule has 1 saturated heterocycles. The number of aryl methyl sites for hydroxylation is 1. The summed E-state index contributed by atoms with van der Waals surface area (Å²) in [5.74, 6) is 1.50. The molecular formula is C24H36N6O3S. The number of nitrogens with zero attached hydrogens (tertiary/aromatic N) is 3. The molecule has 1 aliphatic carbocycles. The van der Waals surface area contributed by atoms with Crippen molar-refractivity contribution in [3.63, 3.8) is 0 Å². The van der Waals surface area contributed by atoms with E-state index < -0.39 is 0 Å². The SMILES string of the molecule is CSc1cc(C)[nH]c(=O)c1CNC(=O)c1nnc([C@H](C)C2CCC(NC3(C)COC3)CC2)n1C. The summed E-state index contributed by atoms with van der Waals surface area (Å²) >= 11 is 1.49. The van der Waals surface area contributed by atoms with Crippen molar-refractivity contribution in [1.29, 1.82) is 0 Å². The lowest BCUT2D eigenvalue weighted by molar-refractivity contribution is -0.0717. The van der Waals surface area contributed by atoms with Crippen LogP contribution in [0.2, 0.25) is 0 Å². The fourth-order valence-electron chi connectivity index (χ4n) is 5.18. The summed E-state index contributed by atoms with van der Waals surface area (Å²) in [6.07, 6.45) is 6.44. The van der Waals surface area contributed by atoms with Crippen LogP contribution in [-0.2, 0) is 18.3 Å². The van der Waals surface area contributed by atoms with Crippen LogP contribution in [0.15, 0.2) is 15.8 Å². The summed E-state index contributed by atoms with van der Waals surface area (Å²) in [7, 11) is 1.84. The van der Waals surface area contributed by atoms with Crippen molar-refractivity contribution in [2.75, 3.05) is 19.5 Å². The van der Waals surface area contributed by atoms with Gasteiger partial charge >= 0.3 is 0 Å². The second-order valence-corrected chi connectivity index (χ2v) is 10.9. The number of ether oxygens (including phenoxy) is 1. The summed E-state index contributed by atoms with van der Waals surface area (Å²) < 4.78 is 7.16. The highest BCUT2D eigenvalue weighted by atomic mass is 32.2. The zero-order valence-electron chi connectivity index (χ0n) is 20.7. The molecule has 0 unspecified atom stereocenters. The van der Waals surface area contributed by atoms with Gasteiger partial charge in [0, 0.05) is 41.7 Å². The van der Waals surface area contributed by atoms with Crippen LogP contribution in [0.4, 0.5) is 0 Å². The largest absolute Gasteiger partial charge is 0.377 e. The summed E-state index contributed by atoms with van der Waals surface area (Å²) in [6, 6.07) is 2.45. The molecule has 3 heterocycles. The van der Waals surface area contributed by atoms with E-state index in [4.69, 9.17) is 4.74 Å². The van der Waals surface area contributed by atoms with Crippen LogP contribution in [0.25, 0.3) is 0 Å². The zero-order chi connectivity index (χ0) is 24.5. The molecule has 2 fully saturated rings. The van der Waals surface area contributed by atoms with Gasteiger partial charge in [0.1, 0.15) is 5.82 Å². The van der Waals surface area contributed by atoms with Gasteiger partial charge in [-0.3, -0.25) is 9.59 Å². The molecule has 2 aromatic rings. The maximum Gasteiger partial charge on any atom is 0.289 e. The highest BCUT2D eigenvalue weighted by molar-refractivity contribution is 7.98. The van der Waals surface area contributed by atoms with Crippen molar-refractivity contribution < 1.29 is 9.53 Å². The van der Waals surface area contributed by atoms with E-state index >= 15 is 0 Å². The number of amides is 1. The lowest BCUT2D eigenvalue weighted by Crippen LogP contribution is -2.61. The molecule has 1 aliphatic heterocycles. The summed E-state index contributed by atoms with van der Waals surface area (Å²) in [5.41, 5.74) is 1.30. The summed E-state index contributed by atoms with van der Waals surface area (Å²) in [4.78, 5) is 28.9. The van der Waals surface area contributed by atoms with Gasteiger partial charge in [-0.1, -0.05) is 6.92 Å². The third-order valence-corrected chi connectivity index (χ3v) is 8.07. The van der Waals surface area contributed by atoms with Crippen molar-refractivity contribution in [2.45, 2.75) is 75.4 Å². The Hall–Kier alpha value is -2.17. The Balaban J connectivity index is 1.36. The Morgan fingerprint density at radius 1 is 1.32 bits per heavy atom. The molecule has 1 atom stereocenters. The first-order valence-corrected chi connectivity index (χ1v) is 13.2. The Morgan fingerprint density at radius 2 is 2.03 bits per heavy atom. The molecule has 34 heavy (non-hydrogen) atoms. The van der Waals surface area contributed by atoms with Gasteiger partial charge in [-0.15, -0.1) is 22.0 Å². The van der Waals surface area contributed by atoms with E-state index in [0.717, 1.165) is 55.3 Å². The minimum Gasteiger partial charge on any atom is -0.377 e. The second-order valence-electron chi connectivity index (χ2n) is 10.1. The van der Waals surface area contributed by atoms with E-state index in [1.807, 2.05) is 26.3 Å². The molecule has 1 amide bonds. The number of carbonyl (C=O) groups is 1. The van der Waals surface area contributed by atoms with E-state index in [2.05, 4.69) is 39.7 Å². The van der Waals surface area contributed by atoms with Crippen LogP contribution in [0.1, 0.15) is 73.1 Å². The van der Waals surface area contributed by atoms with E-state index in [1.165, 1.54) is 11.8 Å². The van der Waals surface area contributed by atoms with Gasteiger partial charge in [-0.05, 0) is 57.8 Å². The Morgan fingerprint density at radius 3 is 2.65 bits per heavy atom. The number of hydrogen-bond acceptors (Lipinski definition) is 7. The highest BCUT2D eigenvalue weighted by Gasteiger charge is 2.37. The molecule has 186 valence electrons. The van der Waals surface area contributed by atoms with E-state index in [9.17, 15) is 9.59 Å². The van der Waals surface area contributed by atoms with Crippen molar-refractivity contribution in [2.24, 2.45) is 13.0 Å². The van der Waals surface area contributed by atoms with Gasteiger partial charge < -0.3 is 24.9 Å². The molecule has 0 radical (unpaired) electrons. The number of nitrogens with one attached hydrogen (secondary N) is 3. The average Bonchev–Trinajstić information content (AvgIpc) is 3.18. The number of thioether (sulfide) groups is 1. The van der Waals surface area contributed by atoms with E-state index in [1.54, 1.807) is 4.57 Å². The predicted molar refractivity (Wildman–Crippen MR) is 132 cm³/mol. The van der Waals surface area contributed by atoms with Crippen LogP contribution in [-0.4, -0.2) is 56.7 Å². The molecule has 10 heteroatoms. The number of aromatic nitrogens is 4. The van der Waals surface area contributed by atoms with Crippen molar-refractivity contribution in [1.82, 2.24) is 30.4 Å². The van der Waals surface area contributed by atoms with Crippen molar-refractivity contribution in [3.8, 4) is 0 Å². The normalized spacial score (nSPS) is 22.7. The Labute approximate surface area is 204 Å². The monoisotopic (exact) mass is 488 g/mol. The molecule has 2 aromatic heterocycles. The van der Waals surface area contributed by atoms with E-state index in [-0.39, 0.29) is 35.3 Å². The third-order valence-electron chi connectivity index (χ3n) is 7.27. The van der Waals surface area contributed by atoms with Crippen molar-refractivity contribution >= 4 is 17.7 Å². The van der Waals surface area contributed by atoms with E-state index in [0.29, 0.717) is 17.5 Å². The van der Waals surface area contributed by atoms with Gasteiger partial charge in [0.2, 0.25) is 5.82 Å². The topological polar surface area (TPSA) is 114 Å². The van der Waals surface area contributed by atoms with Crippen LogP contribution in [0.3, 0.4) is 0 Å². The minimum absolute atomic E-state index is 0.134. The quantitative estimate of drug-likeness (QED) is 0.489. The molecule has 3 N–H and O–H groups in total. The first-order valence-electron chi connectivity index (χ1n) is 12.0. The summed E-state index contributed by atoms with van der Waals surface area (Å²) in [6.45, 7) is 7.99. The lowest BCUT2D eigenvalue weighted by Gasteiger charge is -2.44. The van der Waals surface area contributed by atoms with Crippen LogP contribution < -0.4 is 16.2 Å². The highest BCUT2D eigenvalue weighted by Crippen LogP contribution is 2.36. The van der Waals surface area contributed by atoms with Crippen LogP contribution in [0.5, 0.6) is 0 Å². The number of aromatic amines is 1. The second kappa shape index (κ2) is 10.2. The number of hydrogen-bond donors (Lipinski definition) is 3. The number of pyridine rings is 1. The average molecular weight is 489 g/mol. The van der Waals surface area contributed by atoms with Gasteiger partial charge in [-0.25, -0.2) is 0 Å². The molecule has 1 saturated carbocycles. The lowest BCUT2D eigenvalue weighted by atomic mass is 9.78. The molecular weight excluding hydrogens is 452 g/mol. The minimum atomic E-state index is -0.329. The van der Waals surface area contributed by atoms with Crippen LogP contribution >= 0.6 is 11.8 Å². The molecule has 0 spiro atoms. The fourth-order valence-corrected chi connectivity index (χ4v) is 5.88.